The minimum absolute atomic E-state index is 0. The van der Waals surface area contributed by atoms with Crippen LogP contribution in [0.15, 0.2) is 66.9 Å². The van der Waals surface area contributed by atoms with E-state index in [1.54, 1.807) is 31.5 Å². The van der Waals surface area contributed by atoms with E-state index in [1.165, 1.54) is 0 Å². The molecule has 0 amide bonds. The van der Waals surface area contributed by atoms with Crippen molar-refractivity contribution in [3.63, 3.8) is 0 Å². The number of halogens is 1. The zero-order valence-corrected chi connectivity index (χ0v) is 17.4. The van der Waals surface area contributed by atoms with Crippen molar-refractivity contribution in [3.8, 4) is 17.0 Å². The maximum absolute atomic E-state index is 6.00. The van der Waals surface area contributed by atoms with Gasteiger partial charge in [0, 0.05) is 29.5 Å². The van der Waals surface area contributed by atoms with Crippen LogP contribution in [0, 0.1) is 0 Å². The third-order valence-corrected chi connectivity index (χ3v) is 4.48. The van der Waals surface area contributed by atoms with Crippen LogP contribution in [0.3, 0.4) is 0 Å². The van der Waals surface area contributed by atoms with Gasteiger partial charge in [0.15, 0.2) is 0 Å². The van der Waals surface area contributed by atoms with Crippen molar-refractivity contribution in [2.45, 2.75) is 0 Å². The Kier molecular flexibility index (Phi) is 8.12. The number of benzene rings is 2. The van der Waals surface area contributed by atoms with Gasteiger partial charge in [-0.1, -0.05) is 29.8 Å². The van der Waals surface area contributed by atoms with Crippen LogP contribution < -0.4 is 14.5 Å². The third kappa shape index (κ3) is 5.71. The van der Waals surface area contributed by atoms with Gasteiger partial charge < -0.3 is 4.74 Å². The highest BCUT2D eigenvalue weighted by atomic mass is 35.5. The fourth-order valence-electron chi connectivity index (χ4n) is 2.30. The first-order valence-corrected chi connectivity index (χ1v) is 8.93. The second-order valence-corrected chi connectivity index (χ2v) is 6.66. The molecule has 0 saturated heterocycles. The lowest BCUT2D eigenvalue weighted by atomic mass is 10.1. The number of anilines is 2. The van der Waals surface area contributed by atoms with Crippen molar-refractivity contribution < 1.29 is 9.02 Å². The van der Waals surface area contributed by atoms with Gasteiger partial charge >= 0.3 is 0 Å². The first-order chi connectivity index (χ1) is 12.7. The minimum atomic E-state index is 0. The van der Waals surface area contributed by atoms with Gasteiger partial charge in [0.2, 0.25) is 0 Å². The maximum atomic E-state index is 6.00. The van der Waals surface area contributed by atoms with Crippen LogP contribution in [-0.4, -0.2) is 19.1 Å². The molecule has 0 atom stereocenters. The second-order valence-electron chi connectivity index (χ2n) is 5.36. The number of aromatic nitrogens is 1. The van der Waals surface area contributed by atoms with Crippen molar-refractivity contribution in [2.24, 2.45) is 0 Å². The molecule has 3 rings (SSSR count). The van der Waals surface area contributed by atoms with Crippen molar-refractivity contribution in [1.82, 2.24) is 4.98 Å². The van der Waals surface area contributed by atoms with Crippen molar-refractivity contribution in [2.75, 3.05) is 23.9 Å². The van der Waals surface area contributed by atoms with E-state index in [0.29, 0.717) is 16.5 Å². The molecule has 0 aliphatic carbocycles. The molecular formula is C19H20ClN3O2S2. The topological polar surface area (TPSA) is 46.6 Å². The van der Waals surface area contributed by atoms with E-state index in [2.05, 4.69) is 10.5 Å². The molecule has 0 bridgehead atoms. The summed E-state index contributed by atoms with van der Waals surface area (Å²) >= 11 is 7.16. The van der Waals surface area contributed by atoms with E-state index in [-0.39, 0.29) is 13.5 Å². The second kappa shape index (κ2) is 10.3. The first kappa shape index (κ1) is 21.2. The van der Waals surface area contributed by atoms with Gasteiger partial charge in [-0.2, -0.15) is 17.8 Å². The summed E-state index contributed by atoms with van der Waals surface area (Å²) in [5, 5.41) is 0.598. The van der Waals surface area contributed by atoms with Gasteiger partial charge in [-0.25, -0.2) is 5.48 Å². The molecule has 0 saturated carbocycles. The van der Waals surface area contributed by atoms with E-state index in [4.69, 9.17) is 20.6 Å². The number of pyridine rings is 1. The molecule has 1 aromatic heterocycles. The SMILES string of the molecule is COc1ccc(Cl)cc1NOSN(C)c1ccc(-c2ccccn2)cc1.S. The zero-order chi connectivity index (χ0) is 18.4. The Morgan fingerprint density at radius 2 is 1.85 bits per heavy atom. The fourth-order valence-corrected chi connectivity index (χ4v) is 2.92. The Bertz CT molecular complexity index is 851. The molecule has 0 radical (unpaired) electrons. The number of nitrogens with zero attached hydrogens (tertiary/aromatic N) is 2. The van der Waals surface area contributed by atoms with Crippen molar-refractivity contribution >= 4 is 48.7 Å². The standard InChI is InChI=1S/C19H18ClN3O2S.H2S/c1-23(26-25-22-18-13-15(20)8-11-19(18)24-2)16-9-6-14(7-10-16)17-5-3-4-12-21-17;/h3-13,22H,1-2H3;1H2. The summed E-state index contributed by atoms with van der Waals surface area (Å²) in [5.74, 6) is 0.650. The maximum Gasteiger partial charge on any atom is 0.144 e. The van der Waals surface area contributed by atoms with E-state index in [9.17, 15) is 0 Å². The summed E-state index contributed by atoms with van der Waals surface area (Å²) < 4.78 is 12.7. The van der Waals surface area contributed by atoms with Gasteiger partial charge in [-0.3, -0.25) is 9.29 Å². The number of hydrogen-bond donors (Lipinski definition) is 1. The zero-order valence-electron chi connectivity index (χ0n) is 14.8. The van der Waals surface area contributed by atoms with Crippen LogP contribution in [0.25, 0.3) is 11.3 Å². The van der Waals surface area contributed by atoms with Crippen LogP contribution in [0.1, 0.15) is 0 Å². The summed E-state index contributed by atoms with van der Waals surface area (Å²) in [5.41, 5.74) is 6.51. The molecule has 1 heterocycles. The average Bonchev–Trinajstić information content (AvgIpc) is 2.69. The average molecular weight is 422 g/mol. The highest BCUT2D eigenvalue weighted by molar-refractivity contribution is 7.96. The predicted octanol–water partition coefficient (Wildman–Crippen LogP) is 5.57. The lowest BCUT2D eigenvalue weighted by Crippen LogP contribution is -2.09. The molecular weight excluding hydrogens is 402 g/mol. The minimum Gasteiger partial charge on any atom is -0.495 e. The van der Waals surface area contributed by atoms with E-state index >= 15 is 0 Å². The van der Waals surface area contributed by atoms with Gasteiger partial charge in [0.05, 0.1) is 12.8 Å². The molecule has 0 fully saturated rings. The molecule has 0 spiro atoms. The first-order valence-electron chi connectivity index (χ1n) is 7.86. The van der Waals surface area contributed by atoms with Crippen LogP contribution in [0.5, 0.6) is 5.75 Å². The van der Waals surface area contributed by atoms with Crippen LogP contribution in [0.4, 0.5) is 11.4 Å². The highest BCUT2D eigenvalue weighted by Gasteiger charge is 2.07. The number of nitrogens with one attached hydrogen (secondary N) is 1. The Balaban J connectivity index is 0.00000261. The lowest BCUT2D eigenvalue weighted by Gasteiger charge is -2.18. The largest absolute Gasteiger partial charge is 0.495 e. The molecule has 1 N–H and O–H groups in total. The Hall–Kier alpha value is -2.06. The fraction of sp³-hybridized carbons (Fsp3) is 0.105. The molecule has 0 aliphatic rings. The summed E-state index contributed by atoms with van der Waals surface area (Å²) in [6.07, 6.45) is 1.79. The van der Waals surface area contributed by atoms with E-state index in [1.807, 2.05) is 53.8 Å². The van der Waals surface area contributed by atoms with Crippen LogP contribution >= 0.6 is 37.3 Å². The van der Waals surface area contributed by atoms with Crippen LogP contribution in [0.2, 0.25) is 5.02 Å². The van der Waals surface area contributed by atoms with Gasteiger partial charge in [0.1, 0.15) is 23.7 Å². The highest BCUT2D eigenvalue weighted by Crippen LogP contribution is 2.30. The normalized spacial score (nSPS) is 10.0. The monoisotopic (exact) mass is 421 g/mol. The van der Waals surface area contributed by atoms with Crippen molar-refractivity contribution in [3.05, 3.63) is 71.9 Å². The summed E-state index contributed by atoms with van der Waals surface area (Å²) in [4.78, 5) is 4.35. The Morgan fingerprint density at radius 1 is 1.07 bits per heavy atom. The molecule has 0 unspecified atom stereocenters. The molecule has 27 heavy (non-hydrogen) atoms. The number of rotatable bonds is 7. The smallest absolute Gasteiger partial charge is 0.144 e. The third-order valence-electron chi connectivity index (χ3n) is 3.65. The molecule has 5 nitrogen and oxygen atoms in total. The van der Waals surface area contributed by atoms with Gasteiger partial charge in [-0.05, 0) is 42.5 Å². The predicted molar refractivity (Wildman–Crippen MR) is 119 cm³/mol. The quantitative estimate of drug-likeness (QED) is 0.306. The van der Waals surface area contributed by atoms with Crippen molar-refractivity contribution in [1.29, 1.82) is 0 Å². The molecule has 3 aromatic rings. The summed E-state index contributed by atoms with van der Waals surface area (Å²) in [7, 11) is 3.51. The Morgan fingerprint density at radius 3 is 2.52 bits per heavy atom. The summed E-state index contributed by atoms with van der Waals surface area (Å²) in [6.45, 7) is 0. The number of hydrogen-bond acceptors (Lipinski definition) is 6. The molecule has 142 valence electrons. The molecule has 0 aliphatic heterocycles. The number of ether oxygens (including phenoxy) is 1. The van der Waals surface area contributed by atoms with E-state index in [0.717, 1.165) is 29.2 Å². The lowest BCUT2D eigenvalue weighted by molar-refractivity contribution is 0.407. The number of methoxy groups -OCH3 is 1. The van der Waals surface area contributed by atoms with Gasteiger partial charge in [-0.15, -0.1) is 0 Å². The molecule has 8 heteroatoms. The van der Waals surface area contributed by atoms with E-state index < -0.39 is 0 Å². The van der Waals surface area contributed by atoms with Crippen LogP contribution in [-0.2, 0) is 4.28 Å². The molecule has 2 aromatic carbocycles. The Labute approximate surface area is 175 Å². The van der Waals surface area contributed by atoms with Gasteiger partial charge in [0.25, 0.3) is 0 Å². The summed E-state index contributed by atoms with van der Waals surface area (Å²) in [6, 6.07) is 19.2.